The second-order valence-electron chi connectivity index (χ2n) is 9.74. The number of anilines is 2. The quantitative estimate of drug-likeness (QED) is 0.612. The molecular weight excluding hydrogens is 358 g/mol. The highest BCUT2D eigenvalue weighted by Crippen LogP contribution is 2.47. The molecule has 154 valence electrons. The van der Waals surface area contributed by atoms with E-state index >= 15 is 0 Å². The summed E-state index contributed by atoms with van der Waals surface area (Å²) in [4.78, 5) is 13.5. The molecule has 0 spiro atoms. The first-order chi connectivity index (χ1) is 13.5. The summed E-state index contributed by atoms with van der Waals surface area (Å²) in [5, 5.41) is 9.19. The molecule has 29 heavy (non-hydrogen) atoms. The molecule has 0 aromatic heterocycles. The lowest BCUT2D eigenvalue weighted by atomic mass is 9.68. The van der Waals surface area contributed by atoms with E-state index in [1.54, 1.807) is 12.1 Å². The Morgan fingerprint density at radius 2 is 1.76 bits per heavy atom. The second kappa shape index (κ2) is 7.37. The number of fused-ring (bicyclic) bond motifs is 1. The lowest BCUT2D eigenvalue weighted by Gasteiger charge is -2.38. The summed E-state index contributed by atoms with van der Waals surface area (Å²) in [5.41, 5.74) is 8.14. The molecular formula is C26H33NO2. The Balaban J connectivity index is 2.13. The van der Waals surface area contributed by atoms with Crippen LogP contribution in [0.3, 0.4) is 0 Å². The van der Waals surface area contributed by atoms with Crippen LogP contribution in [-0.4, -0.2) is 17.6 Å². The van der Waals surface area contributed by atoms with Crippen molar-refractivity contribution in [2.24, 2.45) is 5.41 Å². The number of aromatic carboxylic acids is 1. The lowest BCUT2D eigenvalue weighted by Crippen LogP contribution is -2.26. The Morgan fingerprint density at radius 3 is 2.28 bits per heavy atom. The Labute approximate surface area is 175 Å². The summed E-state index contributed by atoms with van der Waals surface area (Å²) < 4.78 is 0. The standard InChI is InChI=1S/C26H33NO2/c1-8-27(19-11-9-18(10-12-19)24(28)29)23-16-22-20(15-17(23)2)21(25(3,4)5)13-14-26(22,6)7/h9-13,15-16H,8,14H2,1-7H3,(H,28,29). The molecule has 0 heterocycles. The van der Waals surface area contributed by atoms with Gasteiger partial charge in [-0.3, -0.25) is 0 Å². The summed E-state index contributed by atoms with van der Waals surface area (Å²) in [6.45, 7) is 16.6. The molecule has 0 unspecified atom stereocenters. The van der Waals surface area contributed by atoms with Crippen LogP contribution in [-0.2, 0) is 5.41 Å². The van der Waals surface area contributed by atoms with Crippen molar-refractivity contribution in [2.75, 3.05) is 11.4 Å². The number of carbonyl (C=O) groups is 1. The zero-order valence-corrected chi connectivity index (χ0v) is 18.8. The molecule has 0 atom stereocenters. The first-order valence-electron chi connectivity index (χ1n) is 10.4. The maximum Gasteiger partial charge on any atom is 0.335 e. The molecule has 0 saturated heterocycles. The minimum Gasteiger partial charge on any atom is -0.478 e. The van der Waals surface area contributed by atoms with Crippen LogP contribution in [0.25, 0.3) is 5.57 Å². The SMILES string of the molecule is CCN(c1ccc(C(=O)O)cc1)c1cc2c(cc1C)C(C(C)(C)C)=CCC2(C)C. The predicted octanol–water partition coefficient (Wildman–Crippen LogP) is 6.96. The van der Waals surface area contributed by atoms with Gasteiger partial charge in [-0.15, -0.1) is 0 Å². The van der Waals surface area contributed by atoms with Crippen LogP contribution in [0.4, 0.5) is 11.4 Å². The van der Waals surface area contributed by atoms with Gasteiger partial charge in [-0.1, -0.05) is 40.7 Å². The third kappa shape index (κ3) is 3.96. The van der Waals surface area contributed by atoms with Crippen molar-refractivity contribution in [2.45, 2.75) is 60.3 Å². The van der Waals surface area contributed by atoms with Gasteiger partial charge in [0.15, 0.2) is 0 Å². The Bertz CT molecular complexity index is 959. The molecule has 0 aliphatic heterocycles. The van der Waals surface area contributed by atoms with Gasteiger partial charge in [0.25, 0.3) is 0 Å². The average molecular weight is 392 g/mol. The molecule has 3 heteroatoms. The largest absolute Gasteiger partial charge is 0.478 e. The topological polar surface area (TPSA) is 40.5 Å². The van der Waals surface area contributed by atoms with Crippen molar-refractivity contribution in [1.82, 2.24) is 0 Å². The zero-order chi connectivity index (χ0) is 21.6. The zero-order valence-electron chi connectivity index (χ0n) is 18.8. The first-order valence-corrected chi connectivity index (χ1v) is 10.4. The molecule has 0 bridgehead atoms. The predicted molar refractivity (Wildman–Crippen MR) is 122 cm³/mol. The molecule has 2 aromatic rings. The fourth-order valence-corrected chi connectivity index (χ4v) is 4.33. The average Bonchev–Trinajstić information content (AvgIpc) is 2.62. The lowest BCUT2D eigenvalue weighted by molar-refractivity contribution is 0.0697. The molecule has 0 saturated carbocycles. The van der Waals surface area contributed by atoms with E-state index in [4.69, 9.17) is 0 Å². The number of benzene rings is 2. The van der Waals surface area contributed by atoms with Crippen molar-refractivity contribution in [3.63, 3.8) is 0 Å². The fraction of sp³-hybridized carbons (Fsp3) is 0.423. The van der Waals surface area contributed by atoms with Crippen molar-refractivity contribution in [3.05, 3.63) is 64.7 Å². The van der Waals surface area contributed by atoms with Crippen molar-refractivity contribution in [3.8, 4) is 0 Å². The number of carboxylic acids is 1. The number of rotatable bonds is 4. The monoisotopic (exact) mass is 391 g/mol. The molecule has 3 nitrogen and oxygen atoms in total. The van der Waals surface area contributed by atoms with E-state index in [0.29, 0.717) is 5.56 Å². The summed E-state index contributed by atoms with van der Waals surface area (Å²) in [6, 6.07) is 11.9. The van der Waals surface area contributed by atoms with Gasteiger partial charge >= 0.3 is 5.97 Å². The first kappa shape index (κ1) is 21.2. The molecule has 0 amide bonds. The summed E-state index contributed by atoms with van der Waals surface area (Å²) in [7, 11) is 0. The van der Waals surface area contributed by atoms with Crippen molar-refractivity contribution in [1.29, 1.82) is 0 Å². The highest BCUT2D eigenvalue weighted by Gasteiger charge is 2.33. The number of allylic oxidation sites excluding steroid dienone is 2. The second-order valence-corrected chi connectivity index (χ2v) is 9.74. The van der Waals surface area contributed by atoms with Gasteiger partial charge in [-0.2, -0.15) is 0 Å². The summed E-state index contributed by atoms with van der Waals surface area (Å²) in [5.74, 6) is -0.896. The normalized spacial score (nSPS) is 15.5. The summed E-state index contributed by atoms with van der Waals surface area (Å²) >= 11 is 0. The Morgan fingerprint density at radius 1 is 1.14 bits per heavy atom. The number of aryl methyl sites for hydroxylation is 1. The number of hydrogen-bond acceptors (Lipinski definition) is 2. The van der Waals surface area contributed by atoms with E-state index in [2.05, 4.69) is 71.6 Å². The van der Waals surface area contributed by atoms with E-state index in [9.17, 15) is 9.90 Å². The molecule has 0 fully saturated rings. The third-order valence-electron chi connectivity index (χ3n) is 6.01. The van der Waals surface area contributed by atoms with Crippen molar-refractivity contribution >= 4 is 22.9 Å². The van der Waals surface area contributed by atoms with Crippen LogP contribution >= 0.6 is 0 Å². The minimum atomic E-state index is -0.896. The van der Waals surface area contributed by atoms with Gasteiger partial charge in [0, 0.05) is 17.9 Å². The van der Waals surface area contributed by atoms with Crippen LogP contribution in [0.5, 0.6) is 0 Å². The number of carboxylic acid groups (broad SMARTS) is 1. The van der Waals surface area contributed by atoms with Gasteiger partial charge in [-0.25, -0.2) is 4.79 Å². The maximum absolute atomic E-state index is 11.2. The van der Waals surface area contributed by atoms with E-state index in [-0.39, 0.29) is 10.8 Å². The Kier molecular flexibility index (Phi) is 5.38. The van der Waals surface area contributed by atoms with Crippen LogP contribution in [0.1, 0.15) is 75.0 Å². The smallest absolute Gasteiger partial charge is 0.335 e. The van der Waals surface area contributed by atoms with Crippen LogP contribution in [0, 0.1) is 12.3 Å². The fourth-order valence-electron chi connectivity index (χ4n) is 4.33. The summed E-state index contributed by atoms with van der Waals surface area (Å²) in [6.07, 6.45) is 3.46. The van der Waals surface area contributed by atoms with E-state index in [0.717, 1.165) is 18.7 Å². The van der Waals surface area contributed by atoms with Gasteiger partial charge in [0.2, 0.25) is 0 Å². The van der Waals surface area contributed by atoms with Gasteiger partial charge < -0.3 is 10.0 Å². The van der Waals surface area contributed by atoms with Gasteiger partial charge in [0.05, 0.1) is 5.56 Å². The van der Waals surface area contributed by atoms with Crippen LogP contribution in [0.15, 0.2) is 42.5 Å². The van der Waals surface area contributed by atoms with E-state index in [1.807, 2.05) is 12.1 Å². The number of hydrogen-bond donors (Lipinski definition) is 1. The highest BCUT2D eigenvalue weighted by atomic mass is 16.4. The van der Waals surface area contributed by atoms with Gasteiger partial charge in [-0.05, 0) is 89.8 Å². The Hall–Kier alpha value is -2.55. The highest BCUT2D eigenvalue weighted by molar-refractivity contribution is 5.88. The molecule has 1 aliphatic carbocycles. The number of nitrogens with zero attached hydrogens (tertiary/aromatic N) is 1. The maximum atomic E-state index is 11.2. The molecule has 1 N–H and O–H groups in total. The molecule has 3 rings (SSSR count). The third-order valence-corrected chi connectivity index (χ3v) is 6.01. The van der Waals surface area contributed by atoms with E-state index in [1.165, 1.54) is 28.0 Å². The van der Waals surface area contributed by atoms with E-state index < -0.39 is 5.97 Å². The van der Waals surface area contributed by atoms with Crippen LogP contribution < -0.4 is 4.90 Å². The molecule has 2 aromatic carbocycles. The minimum absolute atomic E-state index is 0.0825. The van der Waals surface area contributed by atoms with Gasteiger partial charge in [0.1, 0.15) is 0 Å². The van der Waals surface area contributed by atoms with Crippen molar-refractivity contribution < 1.29 is 9.90 Å². The molecule has 0 radical (unpaired) electrons. The molecule has 1 aliphatic rings. The van der Waals surface area contributed by atoms with Crippen LogP contribution in [0.2, 0.25) is 0 Å².